The molecule has 6 heteroatoms. The molecule has 2 rings (SSSR count). The number of para-hydroxylation sites is 1. The maximum absolute atomic E-state index is 13.6. The Kier molecular flexibility index (Phi) is 4.19. The molecule has 1 aromatic carbocycles. The van der Waals surface area contributed by atoms with Crippen LogP contribution in [-0.4, -0.2) is 5.91 Å². The Labute approximate surface area is 124 Å². The largest absolute Gasteiger partial charge is 0.319 e. The molecule has 0 fully saturated rings. The summed E-state index contributed by atoms with van der Waals surface area (Å²) < 4.78 is 15.2. The van der Waals surface area contributed by atoms with E-state index in [1.54, 1.807) is 25.1 Å². The second kappa shape index (κ2) is 5.50. The van der Waals surface area contributed by atoms with Gasteiger partial charge in [0.25, 0.3) is 5.91 Å². The number of aryl methyl sites for hydroxylation is 1. The smallest absolute Gasteiger partial charge is 0.265 e. The summed E-state index contributed by atoms with van der Waals surface area (Å²) in [6, 6.07) is 6.38. The fourth-order valence-corrected chi connectivity index (χ4v) is 3.35. The Balaban J connectivity index is 2.27. The zero-order chi connectivity index (χ0) is 13.3. The van der Waals surface area contributed by atoms with Gasteiger partial charge in [-0.3, -0.25) is 4.79 Å². The molecule has 94 valence electrons. The number of carbonyl (C=O) groups excluding carboxylic acids is 1. The highest BCUT2D eigenvalue weighted by Crippen LogP contribution is 2.33. The summed E-state index contributed by atoms with van der Waals surface area (Å²) in [7, 11) is 0. The SMILES string of the molecule is Cc1cccc(F)c1NC(=O)c1cc(Br)c(Br)s1. The minimum absolute atomic E-state index is 0.225. The fourth-order valence-electron chi connectivity index (χ4n) is 1.42. The summed E-state index contributed by atoms with van der Waals surface area (Å²) >= 11 is 7.91. The highest BCUT2D eigenvalue weighted by atomic mass is 79.9. The molecule has 1 heterocycles. The second-order valence-corrected chi connectivity index (χ2v) is 6.84. The molecule has 1 amide bonds. The molecule has 0 spiro atoms. The minimum atomic E-state index is -0.432. The third-order valence-corrected chi connectivity index (χ3v) is 5.58. The van der Waals surface area contributed by atoms with Crippen molar-refractivity contribution in [1.82, 2.24) is 0 Å². The Hall–Kier alpha value is -0.720. The van der Waals surface area contributed by atoms with Gasteiger partial charge in [-0.2, -0.15) is 0 Å². The van der Waals surface area contributed by atoms with Gasteiger partial charge < -0.3 is 5.32 Å². The second-order valence-electron chi connectivity index (χ2n) is 3.62. The van der Waals surface area contributed by atoms with Crippen LogP contribution in [0.3, 0.4) is 0 Å². The van der Waals surface area contributed by atoms with Crippen LogP contribution < -0.4 is 5.32 Å². The molecule has 1 N–H and O–H groups in total. The van der Waals surface area contributed by atoms with Crippen molar-refractivity contribution in [3.05, 3.63) is 48.8 Å². The molecule has 0 atom stereocenters. The van der Waals surface area contributed by atoms with Crippen LogP contribution in [0.15, 0.2) is 32.5 Å². The number of amides is 1. The summed E-state index contributed by atoms with van der Waals surface area (Å²) in [6.07, 6.45) is 0. The average molecular weight is 393 g/mol. The first-order valence-electron chi connectivity index (χ1n) is 5.00. The first-order valence-corrected chi connectivity index (χ1v) is 7.40. The molecular formula is C12H8Br2FNOS. The summed E-state index contributed by atoms with van der Waals surface area (Å²) in [5.74, 6) is -0.752. The van der Waals surface area contributed by atoms with Crippen LogP contribution in [0, 0.1) is 12.7 Å². The predicted molar refractivity (Wildman–Crippen MR) is 78.8 cm³/mol. The van der Waals surface area contributed by atoms with Crippen molar-refractivity contribution in [2.75, 3.05) is 5.32 Å². The van der Waals surface area contributed by atoms with Crippen molar-refractivity contribution < 1.29 is 9.18 Å². The Morgan fingerprint density at radius 2 is 2.11 bits per heavy atom. The normalized spacial score (nSPS) is 10.4. The zero-order valence-corrected chi connectivity index (χ0v) is 13.2. The van der Waals surface area contributed by atoms with E-state index < -0.39 is 5.82 Å². The van der Waals surface area contributed by atoms with Crippen LogP contribution in [-0.2, 0) is 0 Å². The van der Waals surface area contributed by atoms with Crippen molar-refractivity contribution in [2.24, 2.45) is 0 Å². The number of hydrogen-bond donors (Lipinski definition) is 1. The number of nitrogens with one attached hydrogen (secondary N) is 1. The van der Waals surface area contributed by atoms with Gasteiger partial charge in [-0.25, -0.2) is 4.39 Å². The molecule has 18 heavy (non-hydrogen) atoms. The number of benzene rings is 1. The molecule has 0 aliphatic carbocycles. The first-order chi connectivity index (χ1) is 8.49. The topological polar surface area (TPSA) is 29.1 Å². The number of halogens is 3. The van der Waals surface area contributed by atoms with Crippen molar-refractivity contribution >= 4 is 54.8 Å². The van der Waals surface area contributed by atoms with Crippen LogP contribution in [0.5, 0.6) is 0 Å². The Morgan fingerprint density at radius 1 is 1.39 bits per heavy atom. The Bertz CT molecular complexity index is 572. The van der Waals surface area contributed by atoms with E-state index in [1.165, 1.54) is 17.4 Å². The lowest BCUT2D eigenvalue weighted by Crippen LogP contribution is -2.12. The number of carbonyl (C=O) groups is 1. The van der Waals surface area contributed by atoms with Crippen molar-refractivity contribution in [1.29, 1.82) is 0 Å². The van der Waals surface area contributed by atoms with E-state index in [1.807, 2.05) is 0 Å². The summed E-state index contributed by atoms with van der Waals surface area (Å²) in [4.78, 5) is 12.5. The molecule has 0 saturated carbocycles. The van der Waals surface area contributed by atoms with Crippen LogP contribution in [0.4, 0.5) is 10.1 Å². The molecule has 0 unspecified atom stereocenters. The van der Waals surface area contributed by atoms with Crippen molar-refractivity contribution in [3.63, 3.8) is 0 Å². The number of anilines is 1. The quantitative estimate of drug-likeness (QED) is 0.767. The summed E-state index contributed by atoms with van der Waals surface area (Å²) in [6.45, 7) is 1.75. The molecule has 0 bridgehead atoms. The van der Waals surface area contributed by atoms with E-state index in [0.717, 1.165) is 8.26 Å². The third-order valence-electron chi connectivity index (χ3n) is 2.33. The average Bonchev–Trinajstić information content (AvgIpc) is 2.64. The summed E-state index contributed by atoms with van der Waals surface area (Å²) in [5, 5.41) is 2.59. The molecular weight excluding hydrogens is 385 g/mol. The lowest BCUT2D eigenvalue weighted by molar-refractivity contribution is 0.103. The minimum Gasteiger partial charge on any atom is -0.319 e. The van der Waals surface area contributed by atoms with E-state index in [2.05, 4.69) is 37.2 Å². The zero-order valence-electron chi connectivity index (χ0n) is 9.26. The van der Waals surface area contributed by atoms with Crippen LogP contribution in [0.25, 0.3) is 0 Å². The van der Waals surface area contributed by atoms with Gasteiger partial charge in [-0.05, 0) is 56.5 Å². The van der Waals surface area contributed by atoms with E-state index in [9.17, 15) is 9.18 Å². The predicted octanol–water partition coefficient (Wildman–Crippen LogP) is 4.97. The number of rotatable bonds is 2. The van der Waals surface area contributed by atoms with Gasteiger partial charge in [0, 0.05) is 4.47 Å². The van der Waals surface area contributed by atoms with Crippen molar-refractivity contribution in [2.45, 2.75) is 6.92 Å². The highest BCUT2D eigenvalue weighted by molar-refractivity contribution is 9.13. The molecule has 0 aliphatic rings. The lowest BCUT2D eigenvalue weighted by atomic mass is 10.2. The third kappa shape index (κ3) is 2.81. The van der Waals surface area contributed by atoms with Gasteiger partial charge in [0.1, 0.15) is 5.82 Å². The molecule has 0 radical (unpaired) electrons. The van der Waals surface area contributed by atoms with Gasteiger partial charge in [-0.15, -0.1) is 11.3 Å². The lowest BCUT2D eigenvalue weighted by Gasteiger charge is -2.07. The highest BCUT2D eigenvalue weighted by Gasteiger charge is 2.14. The summed E-state index contributed by atoms with van der Waals surface area (Å²) in [5.41, 5.74) is 0.918. The van der Waals surface area contributed by atoms with Gasteiger partial charge in [0.05, 0.1) is 14.4 Å². The van der Waals surface area contributed by atoms with Crippen LogP contribution in [0.2, 0.25) is 0 Å². The van der Waals surface area contributed by atoms with E-state index >= 15 is 0 Å². The standard InChI is InChI=1S/C12H8Br2FNOS/c1-6-3-2-4-8(15)10(6)16-12(17)9-5-7(13)11(14)18-9/h2-5H,1H3,(H,16,17). The van der Waals surface area contributed by atoms with Crippen molar-refractivity contribution in [3.8, 4) is 0 Å². The molecule has 0 saturated heterocycles. The number of hydrogen-bond acceptors (Lipinski definition) is 2. The van der Waals surface area contributed by atoms with Gasteiger partial charge in [-0.1, -0.05) is 12.1 Å². The Morgan fingerprint density at radius 3 is 2.67 bits per heavy atom. The van der Waals surface area contributed by atoms with E-state index in [4.69, 9.17) is 0 Å². The van der Waals surface area contributed by atoms with Crippen LogP contribution in [0.1, 0.15) is 15.2 Å². The van der Waals surface area contributed by atoms with Crippen LogP contribution >= 0.6 is 43.2 Å². The monoisotopic (exact) mass is 391 g/mol. The van der Waals surface area contributed by atoms with Gasteiger partial charge in [0.15, 0.2) is 0 Å². The van der Waals surface area contributed by atoms with E-state index in [-0.39, 0.29) is 11.6 Å². The van der Waals surface area contributed by atoms with Gasteiger partial charge in [0.2, 0.25) is 0 Å². The maximum Gasteiger partial charge on any atom is 0.265 e. The molecule has 1 aromatic heterocycles. The fraction of sp³-hybridized carbons (Fsp3) is 0.0833. The van der Waals surface area contributed by atoms with E-state index in [0.29, 0.717) is 10.4 Å². The first kappa shape index (κ1) is 13.7. The number of thiophene rings is 1. The maximum atomic E-state index is 13.6. The molecule has 2 nitrogen and oxygen atoms in total. The van der Waals surface area contributed by atoms with Gasteiger partial charge >= 0.3 is 0 Å². The molecule has 2 aromatic rings. The molecule has 0 aliphatic heterocycles.